The number of rotatable bonds is 6. The standard InChI is InChI=1S/C19H25N3OS/c20-18-8-7-17(13-19(18)21)24-16-6-3-5-15(12-16)23-11-9-14-4-1-2-10-22-14/h3,5-8,12-14,22H,1-2,4,9-11,20-21H2. The Kier molecular flexibility index (Phi) is 5.88. The minimum Gasteiger partial charge on any atom is -0.493 e. The summed E-state index contributed by atoms with van der Waals surface area (Å²) < 4.78 is 5.93. The highest BCUT2D eigenvalue weighted by molar-refractivity contribution is 7.99. The molecule has 4 nitrogen and oxygen atoms in total. The largest absolute Gasteiger partial charge is 0.493 e. The summed E-state index contributed by atoms with van der Waals surface area (Å²) in [6.45, 7) is 1.89. The third-order valence-corrected chi connectivity index (χ3v) is 5.23. The van der Waals surface area contributed by atoms with Crippen LogP contribution in [0.25, 0.3) is 0 Å². The number of nitrogens with two attached hydrogens (primary N) is 2. The maximum atomic E-state index is 5.93. The number of nitrogen functional groups attached to an aromatic ring is 2. The summed E-state index contributed by atoms with van der Waals surface area (Å²) in [6.07, 6.45) is 4.95. The van der Waals surface area contributed by atoms with E-state index in [0.717, 1.165) is 35.1 Å². The molecule has 1 saturated heterocycles. The van der Waals surface area contributed by atoms with E-state index in [4.69, 9.17) is 16.2 Å². The van der Waals surface area contributed by atoms with Crippen LogP contribution in [0.15, 0.2) is 52.3 Å². The average Bonchev–Trinajstić information content (AvgIpc) is 2.60. The summed E-state index contributed by atoms with van der Waals surface area (Å²) in [5.41, 5.74) is 12.9. The molecule has 1 fully saturated rings. The van der Waals surface area contributed by atoms with Gasteiger partial charge in [-0.15, -0.1) is 0 Å². The molecule has 0 aliphatic carbocycles. The first-order valence-electron chi connectivity index (χ1n) is 8.50. The molecule has 1 atom stereocenters. The smallest absolute Gasteiger partial charge is 0.120 e. The first-order chi connectivity index (χ1) is 11.7. The number of piperidine rings is 1. The SMILES string of the molecule is Nc1ccc(Sc2cccc(OCCC3CCCCN3)c2)cc1N. The monoisotopic (exact) mass is 343 g/mol. The quantitative estimate of drug-likeness (QED) is 0.694. The van der Waals surface area contributed by atoms with E-state index >= 15 is 0 Å². The normalized spacial score (nSPS) is 17.6. The van der Waals surface area contributed by atoms with Crippen molar-refractivity contribution < 1.29 is 4.74 Å². The zero-order valence-corrected chi connectivity index (χ0v) is 14.6. The van der Waals surface area contributed by atoms with Gasteiger partial charge in [0.2, 0.25) is 0 Å². The van der Waals surface area contributed by atoms with Gasteiger partial charge in [0.15, 0.2) is 0 Å². The van der Waals surface area contributed by atoms with Gasteiger partial charge < -0.3 is 21.5 Å². The Hall–Kier alpha value is -1.85. The van der Waals surface area contributed by atoms with Crippen LogP contribution in [0.3, 0.4) is 0 Å². The number of hydrogen-bond donors (Lipinski definition) is 3. The molecule has 0 radical (unpaired) electrons. The van der Waals surface area contributed by atoms with E-state index < -0.39 is 0 Å². The van der Waals surface area contributed by atoms with E-state index in [1.807, 2.05) is 30.3 Å². The Balaban J connectivity index is 1.54. The predicted octanol–water partition coefficient (Wildman–Crippen LogP) is 3.91. The fraction of sp³-hybridized carbons (Fsp3) is 0.368. The highest BCUT2D eigenvalue weighted by atomic mass is 32.2. The van der Waals surface area contributed by atoms with Gasteiger partial charge in [0.25, 0.3) is 0 Å². The predicted molar refractivity (Wildman–Crippen MR) is 102 cm³/mol. The van der Waals surface area contributed by atoms with Crippen LogP contribution in [0.4, 0.5) is 11.4 Å². The van der Waals surface area contributed by atoms with Crippen molar-refractivity contribution in [2.24, 2.45) is 0 Å². The summed E-state index contributed by atoms with van der Waals surface area (Å²) >= 11 is 1.66. The van der Waals surface area contributed by atoms with Crippen LogP contribution in [0.2, 0.25) is 0 Å². The molecular weight excluding hydrogens is 318 g/mol. The Bertz CT molecular complexity index is 671. The summed E-state index contributed by atoms with van der Waals surface area (Å²) in [5.74, 6) is 0.916. The molecule has 1 aliphatic rings. The summed E-state index contributed by atoms with van der Waals surface area (Å²) in [5, 5.41) is 3.55. The number of hydrogen-bond acceptors (Lipinski definition) is 5. The molecule has 5 heteroatoms. The number of ether oxygens (including phenoxy) is 1. The molecule has 0 amide bonds. The van der Waals surface area contributed by atoms with Gasteiger partial charge in [-0.3, -0.25) is 0 Å². The number of nitrogens with one attached hydrogen (secondary N) is 1. The van der Waals surface area contributed by atoms with Crippen molar-refractivity contribution in [2.45, 2.75) is 41.5 Å². The van der Waals surface area contributed by atoms with Crippen LogP contribution in [-0.4, -0.2) is 19.2 Å². The van der Waals surface area contributed by atoms with Gasteiger partial charge in [0, 0.05) is 15.8 Å². The molecule has 0 saturated carbocycles. The van der Waals surface area contributed by atoms with Crippen molar-refractivity contribution in [3.8, 4) is 5.75 Å². The molecule has 1 aliphatic heterocycles. The van der Waals surface area contributed by atoms with Crippen LogP contribution in [0.5, 0.6) is 5.75 Å². The van der Waals surface area contributed by atoms with E-state index in [1.54, 1.807) is 11.8 Å². The van der Waals surface area contributed by atoms with Gasteiger partial charge in [-0.1, -0.05) is 24.2 Å². The van der Waals surface area contributed by atoms with Gasteiger partial charge in [0.1, 0.15) is 5.75 Å². The first-order valence-corrected chi connectivity index (χ1v) is 9.31. The van der Waals surface area contributed by atoms with Gasteiger partial charge in [-0.2, -0.15) is 0 Å². The molecule has 2 aromatic carbocycles. The van der Waals surface area contributed by atoms with Crippen molar-refractivity contribution in [2.75, 3.05) is 24.6 Å². The maximum Gasteiger partial charge on any atom is 0.120 e. The fourth-order valence-electron chi connectivity index (χ4n) is 2.87. The van der Waals surface area contributed by atoms with E-state index in [-0.39, 0.29) is 0 Å². The van der Waals surface area contributed by atoms with Crippen molar-refractivity contribution in [1.82, 2.24) is 5.32 Å². The van der Waals surface area contributed by atoms with Crippen LogP contribution in [0, 0.1) is 0 Å². The lowest BCUT2D eigenvalue weighted by Crippen LogP contribution is -2.35. The summed E-state index contributed by atoms with van der Waals surface area (Å²) in [4.78, 5) is 2.21. The van der Waals surface area contributed by atoms with Crippen molar-refractivity contribution in [3.63, 3.8) is 0 Å². The molecule has 0 aromatic heterocycles. The van der Waals surface area contributed by atoms with Crippen molar-refractivity contribution >= 4 is 23.1 Å². The fourth-order valence-corrected chi connectivity index (χ4v) is 3.79. The second-order valence-electron chi connectivity index (χ2n) is 6.15. The van der Waals surface area contributed by atoms with Crippen LogP contribution in [0.1, 0.15) is 25.7 Å². The molecule has 5 N–H and O–H groups in total. The van der Waals surface area contributed by atoms with E-state index in [1.165, 1.54) is 19.3 Å². The molecule has 0 spiro atoms. The van der Waals surface area contributed by atoms with Crippen LogP contribution < -0.4 is 21.5 Å². The molecule has 1 heterocycles. The van der Waals surface area contributed by atoms with E-state index in [0.29, 0.717) is 17.4 Å². The minimum absolute atomic E-state index is 0.606. The topological polar surface area (TPSA) is 73.3 Å². The lowest BCUT2D eigenvalue weighted by atomic mass is 10.0. The molecule has 0 bridgehead atoms. The lowest BCUT2D eigenvalue weighted by Gasteiger charge is -2.23. The van der Waals surface area contributed by atoms with Gasteiger partial charge in [0.05, 0.1) is 18.0 Å². The minimum atomic E-state index is 0.606. The van der Waals surface area contributed by atoms with E-state index in [2.05, 4.69) is 17.4 Å². The number of benzene rings is 2. The second kappa shape index (κ2) is 8.31. The molecular formula is C19H25N3OS. The lowest BCUT2D eigenvalue weighted by molar-refractivity contribution is 0.268. The molecule has 128 valence electrons. The number of anilines is 2. The molecule has 2 aromatic rings. The van der Waals surface area contributed by atoms with Gasteiger partial charge in [-0.05, 0) is 62.2 Å². The molecule has 1 unspecified atom stereocenters. The van der Waals surface area contributed by atoms with Crippen molar-refractivity contribution in [1.29, 1.82) is 0 Å². The Morgan fingerprint density at radius 3 is 2.71 bits per heavy atom. The highest BCUT2D eigenvalue weighted by Gasteiger charge is 2.12. The zero-order valence-electron chi connectivity index (χ0n) is 13.8. The van der Waals surface area contributed by atoms with Gasteiger partial charge >= 0.3 is 0 Å². The molecule has 3 rings (SSSR count). The van der Waals surface area contributed by atoms with E-state index in [9.17, 15) is 0 Å². The zero-order chi connectivity index (χ0) is 16.8. The van der Waals surface area contributed by atoms with Crippen LogP contribution >= 0.6 is 11.8 Å². The molecule has 24 heavy (non-hydrogen) atoms. The van der Waals surface area contributed by atoms with Crippen LogP contribution in [-0.2, 0) is 0 Å². The Labute approximate surface area is 148 Å². The van der Waals surface area contributed by atoms with Gasteiger partial charge in [-0.25, -0.2) is 0 Å². The average molecular weight is 343 g/mol. The second-order valence-corrected chi connectivity index (χ2v) is 7.30. The van der Waals surface area contributed by atoms with Crippen molar-refractivity contribution in [3.05, 3.63) is 42.5 Å². The summed E-state index contributed by atoms with van der Waals surface area (Å²) in [7, 11) is 0. The third-order valence-electron chi connectivity index (χ3n) is 4.25. The Morgan fingerprint density at radius 1 is 1.04 bits per heavy atom. The Morgan fingerprint density at radius 2 is 1.92 bits per heavy atom. The summed E-state index contributed by atoms with van der Waals surface area (Å²) in [6, 6.07) is 14.5. The highest BCUT2D eigenvalue weighted by Crippen LogP contribution is 2.32. The maximum absolute atomic E-state index is 5.93. The first kappa shape index (κ1) is 17.0. The third kappa shape index (κ3) is 4.82.